The second-order valence-electron chi connectivity index (χ2n) is 3.26. The molecule has 1 aliphatic carbocycles. The first-order chi connectivity index (χ1) is 4.66. The zero-order valence-electron chi connectivity index (χ0n) is 6.85. The summed E-state index contributed by atoms with van der Waals surface area (Å²) in [6.07, 6.45) is 8.75. The van der Waals surface area contributed by atoms with Crippen molar-refractivity contribution in [1.82, 2.24) is 0 Å². The van der Waals surface area contributed by atoms with Gasteiger partial charge in [0.05, 0.1) is 0 Å². The monoisotopic (exact) mass is 135 g/mol. The molecule has 0 saturated carbocycles. The van der Waals surface area contributed by atoms with Crippen LogP contribution in [0.3, 0.4) is 0 Å². The first-order valence-corrected chi connectivity index (χ1v) is 3.87. The number of hydrogen-bond donors (Lipinski definition) is 0. The SMILES string of the molecule is [CH2]C1(CC)C=CC=C(C)C1. The summed E-state index contributed by atoms with van der Waals surface area (Å²) in [5.74, 6) is 0. The van der Waals surface area contributed by atoms with Gasteiger partial charge in [0.25, 0.3) is 0 Å². The van der Waals surface area contributed by atoms with Gasteiger partial charge in [-0.3, -0.25) is 0 Å². The van der Waals surface area contributed by atoms with Crippen molar-refractivity contribution in [2.45, 2.75) is 26.7 Å². The van der Waals surface area contributed by atoms with E-state index < -0.39 is 0 Å². The van der Waals surface area contributed by atoms with E-state index in [0.717, 1.165) is 12.8 Å². The zero-order chi connectivity index (χ0) is 7.61. The highest BCUT2D eigenvalue weighted by Crippen LogP contribution is 2.33. The lowest BCUT2D eigenvalue weighted by molar-refractivity contribution is 0.459. The Balaban J connectivity index is 2.71. The van der Waals surface area contributed by atoms with E-state index >= 15 is 0 Å². The number of rotatable bonds is 1. The normalized spacial score (nSPS) is 32.1. The highest BCUT2D eigenvalue weighted by Gasteiger charge is 2.20. The molecule has 0 N–H and O–H groups in total. The van der Waals surface area contributed by atoms with Crippen molar-refractivity contribution in [3.8, 4) is 0 Å². The molecule has 0 heteroatoms. The lowest BCUT2D eigenvalue weighted by Crippen LogP contribution is -2.14. The second kappa shape index (κ2) is 2.61. The fourth-order valence-electron chi connectivity index (χ4n) is 1.33. The molecule has 10 heavy (non-hydrogen) atoms. The van der Waals surface area contributed by atoms with E-state index in [-0.39, 0.29) is 5.41 Å². The van der Waals surface area contributed by atoms with Gasteiger partial charge in [-0.25, -0.2) is 0 Å². The minimum absolute atomic E-state index is 0.193. The zero-order valence-corrected chi connectivity index (χ0v) is 6.85. The van der Waals surface area contributed by atoms with Crippen LogP contribution in [-0.4, -0.2) is 0 Å². The Morgan fingerprint density at radius 2 is 2.40 bits per heavy atom. The Kier molecular flexibility index (Phi) is 1.98. The fraction of sp³-hybridized carbons (Fsp3) is 0.500. The minimum Gasteiger partial charge on any atom is -0.0780 e. The first-order valence-electron chi connectivity index (χ1n) is 3.87. The van der Waals surface area contributed by atoms with E-state index in [0.29, 0.717) is 0 Å². The van der Waals surface area contributed by atoms with Crippen LogP contribution >= 0.6 is 0 Å². The van der Waals surface area contributed by atoms with Gasteiger partial charge in [-0.15, -0.1) is 0 Å². The molecular formula is C10H15. The smallest absolute Gasteiger partial charge is 0.00803 e. The van der Waals surface area contributed by atoms with Crippen molar-refractivity contribution < 1.29 is 0 Å². The summed E-state index contributed by atoms with van der Waals surface area (Å²) in [6.45, 7) is 8.53. The first kappa shape index (κ1) is 7.59. The summed E-state index contributed by atoms with van der Waals surface area (Å²) in [7, 11) is 0. The van der Waals surface area contributed by atoms with Gasteiger partial charge >= 0.3 is 0 Å². The van der Waals surface area contributed by atoms with Crippen LogP contribution in [0.25, 0.3) is 0 Å². The molecule has 0 bridgehead atoms. The summed E-state index contributed by atoms with van der Waals surface area (Å²) in [6, 6.07) is 0. The molecular weight excluding hydrogens is 120 g/mol. The van der Waals surface area contributed by atoms with Crippen LogP contribution in [-0.2, 0) is 0 Å². The third-order valence-corrected chi connectivity index (χ3v) is 2.17. The van der Waals surface area contributed by atoms with Crippen LogP contribution < -0.4 is 0 Å². The van der Waals surface area contributed by atoms with E-state index in [4.69, 9.17) is 0 Å². The van der Waals surface area contributed by atoms with Crippen molar-refractivity contribution in [3.05, 3.63) is 30.7 Å². The molecule has 0 aliphatic heterocycles. The van der Waals surface area contributed by atoms with E-state index in [9.17, 15) is 0 Å². The maximum Gasteiger partial charge on any atom is -0.00803 e. The molecule has 1 radical (unpaired) electrons. The summed E-state index contributed by atoms with van der Waals surface area (Å²) < 4.78 is 0. The van der Waals surface area contributed by atoms with Crippen molar-refractivity contribution in [3.63, 3.8) is 0 Å². The average molecular weight is 135 g/mol. The Morgan fingerprint density at radius 1 is 1.70 bits per heavy atom. The minimum atomic E-state index is 0.193. The van der Waals surface area contributed by atoms with Gasteiger partial charge in [-0.2, -0.15) is 0 Å². The largest absolute Gasteiger partial charge is 0.0780 e. The van der Waals surface area contributed by atoms with E-state index in [1.54, 1.807) is 0 Å². The van der Waals surface area contributed by atoms with Gasteiger partial charge in [0, 0.05) is 0 Å². The predicted molar refractivity (Wildman–Crippen MR) is 45.6 cm³/mol. The van der Waals surface area contributed by atoms with E-state index in [1.165, 1.54) is 5.57 Å². The van der Waals surface area contributed by atoms with E-state index in [2.05, 4.69) is 39.0 Å². The predicted octanol–water partition coefficient (Wildman–Crippen LogP) is 3.12. The van der Waals surface area contributed by atoms with Crippen molar-refractivity contribution >= 4 is 0 Å². The Labute approximate surface area is 63.6 Å². The molecule has 0 fully saturated rings. The summed E-state index contributed by atoms with van der Waals surface area (Å²) in [5.41, 5.74) is 1.64. The molecule has 1 unspecified atom stereocenters. The molecule has 0 spiro atoms. The second-order valence-corrected chi connectivity index (χ2v) is 3.26. The standard InChI is InChI=1S/C10H15/c1-4-10(3)7-5-6-9(2)8-10/h5-7H,3-4,8H2,1-2H3. The van der Waals surface area contributed by atoms with Gasteiger partial charge in [0.15, 0.2) is 0 Å². The van der Waals surface area contributed by atoms with Crippen LogP contribution in [0.5, 0.6) is 0 Å². The topological polar surface area (TPSA) is 0 Å². The molecule has 0 heterocycles. The number of hydrogen-bond acceptors (Lipinski definition) is 0. The molecule has 1 atom stereocenters. The molecule has 0 aromatic rings. The van der Waals surface area contributed by atoms with Crippen LogP contribution in [0.15, 0.2) is 23.8 Å². The summed E-state index contributed by atoms with van der Waals surface area (Å²) in [4.78, 5) is 0. The Hall–Kier alpha value is -0.520. The van der Waals surface area contributed by atoms with Crippen molar-refractivity contribution in [2.24, 2.45) is 5.41 Å². The molecule has 0 aromatic carbocycles. The van der Waals surface area contributed by atoms with Crippen molar-refractivity contribution in [1.29, 1.82) is 0 Å². The van der Waals surface area contributed by atoms with Gasteiger partial charge < -0.3 is 0 Å². The van der Waals surface area contributed by atoms with Crippen LogP contribution in [0.4, 0.5) is 0 Å². The Bertz CT molecular complexity index is 174. The van der Waals surface area contributed by atoms with Gasteiger partial charge in [-0.1, -0.05) is 30.7 Å². The van der Waals surface area contributed by atoms with Gasteiger partial charge in [0.2, 0.25) is 0 Å². The maximum absolute atomic E-state index is 4.17. The van der Waals surface area contributed by atoms with E-state index in [1.807, 2.05) is 0 Å². The third-order valence-electron chi connectivity index (χ3n) is 2.17. The molecule has 55 valence electrons. The molecule has 0 amide bonds. The average Bonchev–Trinajstić information content (AvgIpc) is 1.88. The third kappa shape index (κ3) is 1.50. The summed E-state index contributed by atoms with van der Waals surface area (Å²) in [5, 5.41) is 0. The van der Waals surface area contributed by atoms with Crippen LogP contribution in [0, 0.1) is 12.3 Å². The van der Waals surface area contributed by atoms with Crippen LogP contribution in [0.1, 0.15) is 26.7 Å². The summed E-state index contributed by atoms with van der Waals surface area (Å²) >= 11 is 0. The lowest BCUT2D eigenvalue weighted by atomic mass is 9.78. The maximum atomic E-state index is 4.17. The molecule has 1 aliphatic rings. The molecule has 0 aromatic heterocycles. The molecule has 1 rings (SSSR count). The van der Waals surface area contributed by atoms with Gasteiger partial charge in [-0.05, 0) is 32.1 Å². The molecule has 0 saturated heterocycles. The van der Waals surface area contributed by atoms with Crippen molar-refractivity contribution in [2.75, 3.05) is 0 Å². The van der Waals surface area contributed by atoms with Crippen LogP contribution in [0.2, 0.25) is 0 Å². The fourth-order valence-corrected chi connectivity index (χ4v) is 1.33. The highest BCUT2D eigenvalue weighted by atomic mass is 14.2. The molecule has 0 nitrogen and oxygen atoms in total. The lowest BCUT2D eigenvalue weighted by Gasteiger charge is -2.26. The quantitative estimate of drug-likeness (QED) is 0.518. The van der Waals surface area contributed by atoms with Gasteiger partial charge in [0.1, 0.15) is 0 Å². The Morgan fingerprint density at radius 3 is 2.80 bits per heavy atom. The highest BCUT2D eigenvalue weighted by molar-refractivity contribution is 5.23. The number of allylic oxidation sites excluding steroid dienone is 4.